The van der Waals surface area contributed by atoms with Crippen LogP contribution in [0.25, 0.3) is 6.08 Å². The van der Waals surface area contributed by atoms with Crippen LogP contribution in [0.15, 0.2) is 46.9 Å². The van der Waals surface area contributed by atoms with Gasteiger partial charge in [-0.05, 0) is 54.2 Å². The molecule has 0 saturated heterocycles. The number of rotatable bonds is 7. The molecular weight excluding hydrogens is 510 g/mol. The first-order valence-corrected chi connectivity index (χ1v) is 10.3. The highest BCUT2D eigenvalue weighted by Crippen LogP contribution is 2.28. The molecule has 0 spiro atoms. The van der Waals surface area contributed by atoms with Crippen LogP contribution in [0.1, 0.15) is 5.56 Å². The maximum atomic E-state index is 12.0. The van der Waals surface area contributed by atoms with Crippen molar-refractivity contribution < 1.29 is 23.8 Å². The minimum Gasteiger partial charge on any atom is -0.493 e. The highest BCUT2D eigenvalue weighted by Gasteiger charge is 2.08. The van der Waals surface area contributed by atoms with Crippen molar-refractivity contribution >= 4 is 62.8 Å². The molecule has 0 aliphatic carbocycles. The largest absolute Gasteiger partial charge is 0.493 e. The molecule has 0 bridgehead atoms. The normalized spacial score (nSPS) is 10.3. The Bertz CT molecular complexity index is 1000. The molecule has 0 aliphatic heterocycles. The number of methoxy groups -OCH3 is 2. The van der Waals surface area contributed by atoms with Crippen LogP contribution in [-0.4, -0.2) is 37.8 Å². The number of amides is 2. The molecule has 0 unspecified atom stereocenters. The third kappa shape index (κ3) is 8.08. The third-order valence-corrected chi connectivity index (χ3v) is 4.63. The average Bonchev–Trinajstić information content (AvgIpc) is 2.75. The van der Waals surface area contributed by atoms with Crippen LogP contribution in [0.4, 0.5) is 0 Å². The van der Waals surface area contributed by atoms with E-state index >= 15 is 0 Å². The molecule has 0 fully saturated rings. The number of thiocarbonyl (C=S) groups is 1. The van der Waals surface area contributed by atoms with Crippen molar-refractivity contribution in [2.75, 3.05) is 20.8 Å². The highest BCUT2D eigenvalue weighted by atomic mass is 79.9. The predicted octanol–water partition coefficient (Wildman–Crippen LogP) is 3.23. The summed E-state index contributed by atoms with van der Waals surface area (Å²) in [6, 6.07) is 10.2. The maximum Gasteiger partial charge on any atom is 0.276 e. The topological polar surface area (TPSA) is 97.9 Å². The van der Waals surface area contributed by atoms with Crippen molar-refractivity contribution in [1.29, 1.82) is 0 Å². The summed E-state index contributed by atoms with van der Waals surface area (Å²) in [5.41, 5.74) is 5.45. The molecule has 2 aromatic carbocycles. The van der Waals surface area contributed by atoms with Gasteiger partial charge in [0, 0.05) is 10.5 Å². The van der Waals surface area contributed by atoms with E-state index in [1.165, 1.54) is 20.3 Å². The Kier molecular flexibility index (Phi) is 9.57. The molecule has 164 valence electrons. The first kappa shape index (κ1) is 24.4. The summed E-state index contributed by atoms with van der Waals surface area (Å²) in [6.07, 6.45) is 2.87. The molecule has 0 aliphatic rings. The molecule has 0 saturated carbocycles. The zero-order chi connectivity index (χ0) is 22.8. The lowest BCUT2D eigenvalue weighted by molar-refractivity contribution is -0.123. The SMILES string of the molecule is COc1ccc(/C=C/C(=O)NC(=S)NNC(=O)COc2ccc(Br)cc2Cl)cc1OC. The van der Waals surface area contributed by atoms with Crippen molar-refractivity contribution in [2.24, 2.45) is 0 Å². The van der Waals surface area contributed by atoms with Crippen LogP contribution in [0.5, 0.6) is 17.2 Å². The number of ether oxygens (including phenoxy) is 3. The van der Waals surface area contributed by atoms with Gasteiger partial charge in [0.1, 0.15) is 5.75 Å². The van der Waals surface area contributed by atoms with Gasteiger partial charge in [-0.3, -0.25) is 25.8 Å². The number of hydrogen-bond acceptors (Lipinski definition) is 6. The number of benzene rings is 2. The van der Waals surface area contributed by atoms with Gasteiger partial charge in [0.25, 0.3) is 5.91 Å². The van der Waals surface area contributed by atoms with E-state index in [1.54, 1.807) is 42.5 Å². The monoisotopic (exact) mass is 527 g/mol. The van der Waals surface area contributed by atoms with Crippen molar-refractivity contribution in [1.82, 2.24) is 16.2 Å². The number of nitrogens with one attached hydrogen (secondary N) is 3. The molecule has 0 atom stereocenters. The van der Waals surface area contributed by atoms with E-state index in [0.29, 0.717) is 22.3 Å². The number of hydrogen-bond donors (Lipinski definition) is 3. The Morgan fingerprint density at radius 2 is 1.77 bits per heavy atom. The first-order chi connectivity index (χ1) is 14.8. The second kappa shape index (κ2) is 12.1. The Labute approximate surface area is 198 Å². The lowest BCUT2D eigenvalue weighted by atomic mass is 10.2. The van der Waals surface area contributed by atoms with Crippen LogP contribution in [-0.2, 0) is 9.59 Å². The van der Waals surface area contributed by atoms with Gasteiger partial charge >= 0.3 is 0 Å². The van der Waals surface area contributed by atoms with E-state index in [2.05, 4.69) is 32.1 Å². The van der Waals surface area contributed by atoms with E-state index < -0.39 is 11.8 Å². The van der Waals surface area contributed by atoms with E-state index in [-0.39, 0.29) is 11.7 Å². The van der Waals surface area contributed by atoms with Gasteiger partial charge in [0.05, 0.1) is 19.2 Å². The van der Waals surface area contributed by atoms with Crippen LogP contribution >= 0.6 is 39.7 Å². The van der Waals surface area contributed by atoms with E-state index in [4.69, 9.17) is 38.0 Å². The second-order valence-electron chi connectivity index (χ2n) is 5.80. The van der Waals surface area contributed by atoms with Gasteiger partial charge in [-0.25, -0.2) is 0 Å². The van der Waals surface area contributed by atoms with E-state index in [9.17, 15) is 9.59 Å². The molecule has 8 nitrogen and oxygen atoms in total. The molecule has 0 radical (unpaired) electrons. The van der Waals surface area contributed by atoms with E-state index in [1.807, 2.05) is 0 Å². The molecule has 2 amide bonds. The number of carbonyl (C=O) groups excluding carboxylic acids is 2. The molecule has 0 aromatic heterocycles. The Morgan fingerprint density at radius 3 is 2.45 bits per heavy atom. The molecule has 31 heavy (non-hydrogen) atoms. The summed E-state index contributed by atoms with van der Waals surface area (Å²) in [5.74, 6) is 0.472. The molecular formula is C20H19BrClN3O5S. The van der Waals surface area contributed by atoms with Crippen molar-refractivity contribution in [3.05, 3.63) is 57.5 Å². The smallest absolute Gasteiger partial charge is 0.276 e. The van der Waals surface area contributed by atoms with Gasteiger partial charge in [0.2, 0.25) is 5.91 Å². The third-order valence-electron chi connectivity index (χ3n) is 3.64. The summed E-state index contributed by atoms with van der Waals surface area (Å²) >= 11 is 14.3. The Morgan fingerprint density at radius 1 is 1.06 bits per heavy atom. The quantitative estimate of drug-likeness (QED) is 0.288. The fraction of sp³-hybridized carbons (Fsp3) is 0.150. The van der Waals surface area contributed by atoms with Gasteiger partial charge in [-0.15, -0.1) is 0 Å². The standard InChI is InChI=1S/C20H19BrClN3O5S/c1-28-16-6-3-12(9-17(16)29-2)4-8-18(26)23-20(31)25-24-19(27)11-30-15-7-5-13(21)10-14(15)22/h3-10H,11H2,1-2H3,(H,24,27)(H2,23,25,26,31)/b8-4+. The van der Waals surface area contributed by atoms with Crippen LogP contribution < -0.4 is 30.4 Å². The fourth-order valence-electron chi connectivity index (χ4n) is 2.21. The molecule has 2 aromatic rings. The predicted molar refractivity (Wildman–Crippen MR) is 125 cm³/mol. The van der Waals surface area contributed by atoms with Gasteiger partial charge in [0.15, 0.2) is 23.2 Å². The Hall–Kier alpha value is -2.82. The maximum absolute atomic E-state index is 12.0. The van der Waals surface area contributed by atoms with Crippen LogP contribution in [0.2, 0.25) is 5.02 Å². The minimum atomic E-state index is -0.517. The average molecular weight is 529 g/mol. The highest BCUT2D eigenvalue weighted by molar-refractivity contribution is 9.10. The van der Waals surface area contributed by atoms with Gasteiger partial charge in [-0.2, -0.15) is 0 Å². The number of halogens is 2. The Balaban J connectivity index is 1.76. The van der Waals surface area contributed by atoms with Crippen molar-refractivity contribution in [3.63, 3.8) is 0 Å². The van der Waals surface area contributed by atoms with Crippen LogP contribution in [0.3, 0.4) is 0 Å². The first-order valence-electron chi connectivity index (χ1n) is 8.70. The summed E-state index contributed by atoms with van der Waals surface area (Å²) in [7, 11) is 3.06. The number of hydrazine groups is 1. The van der Waals surface area contributed by atoms with Gasteiger partial charge < -0.3 is 14.2 Å². The lowest BCUT2D eigenvalue weighted by Crippen LogP contribution is -2.49. The second-order valence-corrected chi connectivity index (χ2v) is 7.53. The molecule has 3 N–H and O–H groups in total. The summed E-state index contributed by atoms with van der Waals surface area (Å²) in [6.45, 7) is -0.301. The molecule has 2 rings (SSSR count). The molecule has 0 heterocycles. The zero-order valence-electron chi connectivity index (χ0n) is 16.5. The van der Waals surface area contributed by atoms with Crippen LogP contribution in [0, 0.1) is 0 Å². The summed E-state index contributed by atoms with van der Waals surface area (Å²) in [5, 5.41) is 2.68. The zero-order valence-corrected chi connectivity index (χ0v) is 19.7. The summed E-state index contributed by atoms with van der Waals surface area (Å²) < 4.78 is 16.5. The number of carbonyl (C=O) groups is 2. The summed E-state index contributed by atoms with van der Waals surface area (Å²) in [4.78, 5) is 23.8. The van der Waals surface area contributed by atoms with Crippen molar-refractivity contribution in [3.8, 4) is 17.2 Å². The van der Waals surface area contributed by atoms with Crippen molar-refractivity contribution in [2.45, 2.75) is 0 Å². The molecule has 11 heteroatoms. The van der Waals surface area contributed by atoms with E-state index in [0.717, 1.165) is 10.0 Å². The lowest BCUT2D eigenvalue weighted by Gasteiger charge is -2.11. The fourth-order valence-corrected chi connectivity index (χ4v) is 3.09. The minimum absolute atomic E-state index is 0.0861. The van der Waals surface area contributed by atoms with Gasteiger partial charge in [-0.1, -0.05) is 33.6 Å².